The maximum Gasteiger partial charge on any atom is 0.164 e. The molecule has 1 aliphatic heterocycles. The Labute approximate surface area is 191 Å². The Kier molecular flexibility index (Phi) is 6.12. The van der Waals surface area contributed by atoms with Crippen LogP contribution in [0.5, 0.6) is 11.5 Å². The second-order valence-corrected chi connectivity index (χ2v) is 8.12. The number of carbonyl (C=O) groups excluding carboxylic acids is 1. The molecule has 0 unspecified atom stereocenters. The van der Waals surface area contributed by atoms with Crippen molar-refractivity contribution in [3.05, 3.63) is 72.6 Å². The highest BCUT2D eigenvalue weighted by atomic mass is 16.5. The normalized spacial score (nSPS) is 16.0. The Bertz CT molecular complexity index is 1220. The van der Waals surface area contributed by atoms with Gasteiger partial charge in [0.1, 0.15) is 11.5 Å². The molecule has 2 aromatic carbocycles. The molecule has 1 saturated heterocycles. The van der Waals surface area contributed by atoms with Crippen molar-refractivity contribution in [1.29, 1.82) is 0 Å². The lowest BCUT2D eigenvalue weighted by molar-refractivity contribution is -0.125. The zero-order valence-corrected chi connectivity index (χ0v) is 18.1. The Balaban J connectivity index is 1.22. The first kappa shape index (κ1) is 21.3. The minimum Gasteiger partial charge on any atom is -0.457 e. The highest BCUT2D eigenvalue weighted by Crippen LogP contribution is 2.27. The third-order valence-corrected chi connectivity index (χ3v) is 5.91. The minimum atomic E-state index is -1.00. The third kappa shape index (κ3) is 4.93. The molecule has 168 valence electrons. The van der Waals surface area contributed by atoms with Crippen LogP contribution in [0.1, 0.15) is 5.69 Å². The predicted octanol–water partition coefficient (Wildman–Crippen LogP) is 3.05. The van der Waals surface area contributed by atoms with Gasteiger partial charge in [-0.3, -0.25) is 24.7 Å². The van der Waals surface area contributed by atoms with Gasteiger partial charge in [-0.15, -0.1) is 0 Å². The number of hydrogen-bond donors (Lipinski definition) is 2. The fraction of sp³-hybridized carbons (Fsp3) is 0.240. The number of piperazine rings is 1. The summed E-state index contributed by atoms with van der Waals surface area (Å²) in [5.41, 5.74) is 3.94. The number of nitrogens with zero attached hydrogens (tertiary/aromatic N) is 4. The van der Waals surface area contributed by atoms with Crippen molar-refractivity contribution in [2.45, 2.75) is 12.8 Å². The number of H-pyrrole nitrogens is 1. The first-order chi connectivity index (χ1) is 16.2. The smallest absolute Gasteiger partial charge is 0.164 e. The van der Waals surface area contributed by atoms with Gasteiger partial charge in [0.25, 0.3) is 0 Å². The maximum absolute atomic E-state index is 10.8. The van der Waals surface area contributed by atoms with Crippen LogP contribution in [0.2, 0.25) is 0 Å². The van der Waals surface area contributed by atoms with Crippen LogP contribution in [0.25, 0.3) is 22.2 Å². The summed E-state index contributed by atoms with van der Waals surface area (Å²) in [6, 6.07) is 19.8. The summed E-state index contributed by atoms with van der Waals surface area (Å²) >= 11 is 0. The van der Waals surface area contributed by atoms with Crippen molar-refractivity contribution in [2.24, 2.45) is 0 Å². The van der Waals surface area contributed by atoms with Gasteiger partial charge in [-0.2, -0.15) is 5.10 Å². The van der Waals surface area contributed by atoms with E-state index in [9.17, 15) is 9.90 Å². The second-order valence-electron chi connectivity index (χ2n) is 8.12. The van der Waals surface area contributed by atoms with E-state index in [2.05, 4.69) is 21.2 Å². The minimum absolute atomic E-state index is 0.578. The van der Waals surface area contributed by atoms with E-state index in [0.29, 0.717) is 19.4 Å². The molecule has 0 bridgehead atoms. The molecule has 0 radical (unpaired) electrons. The monoisotopic (exact) mass is 443 g/mol. The number of aliphatic hydroxyl groups is 1. The number of aromatic nitrogens is 3. The van der Waals surface area contributed by atoms with Crippen molar-refractivity contribution in [3.8, 4) is 22.8 Å². The SMILES string of the molecule is O=C[C@H](O)N1CCN(Cc2ccc3cc(Oc4ccc(-c5ccn[nH]5)cc4)ccc3n2)CC1. The molecule has 33 heavy (non-hydrogen) atoms. The first-order valence-corrected chi connectivity index (χ1v) is 10.9. The predicted molar refractivity (Wildman–Crippen MR) is 125 cm³/mol. The Morgan fingerprint density at radius 3 is 2.52 bits per heavy atom. The summed E-state index contributed by atoms with van der Waals surface area (Å²) < 4.78 is 6.04. The lowest BCUT2D eigenvalue weighted by Crippen LogP contribution is -2.50. The third-order valence-electron chi connectivity index (χ3n) is 5.91. The molecular weight excluding hydrogens is 418 g/mol. The number of ether oxygens (including phenoxy) is 1. The number of aliphatic hydroxyl groups excluding tert-OH is 1. The van der Waals surface area contributed by atoms with E-state index in [1.165, 1.54) is 0 Å². The molecule has 2 aromatic heterocycles. The van der Waals surface area contributed by atoms with Gasteiger partial charge in [-0.05, 0) is 60.2 Å². The molecule has 1 fully saturated rings. The van der Waals surface area contributed by atoms with Gasteiger partial charge in [-0.1, -0.05) is 6.07 Å². The molecule has 1 atom stereocenters. The standard InChI is InChI=1S/C25H25N5O3/c31-17-25(32)30-13-11-29(12-14-30)16-20-4-1-19-15-22(7-8-23(19)27-20)33-21-5-2-18(3-6-21)24-9-10-26-28-24/h1-10,15,17,25,32H,11-14,16H2,(H,26,28)/t25-/m0/s1. The Morgan fingerprint density at radius 1 is 1.00 bits per heavy atom. The molecule has 8 heteroatoms. The van der Waals surface area contributed by atoms with E-state index in [4.69, 9.17) is 9.72 Å². The Morgan fingerprint density at radius 2 is 1.79 bits per heavy atom. The van der Waals surface area contributed by atoms with Gasteiger partial charge in [0.15, 0.2) is 12.5 Å². The molecular formula is C25H25N5O3. The number of aldehydes is 1. The number of benzene rings is 2. The van der Waals surface area contributed by atoms with Gasteiger partial charge >= 0.3 is 0 Å². The van der Waals surface area contributed by atoms with Crippen LogP contribution in [0.4, 0.5) is 0 Å². The van der Waals surface area contributed by atoms with Crippen molar-refractivity contribution in [1.82, 2.24) is 25.0 Å². The maximum atomic E-state index is 10.8. The molecule has 1 aliphatic rings. The number of hydrogen-bond acceptors (Lipinski definition) is 7. The van der Waals surface area contributed by atoms with Crippen LogP contribution >= 0.6 is 0 Å². The summed E-state index contributed by atoms with van der Waals surface area (Å²) in [5, 5.41) is 17.6. The number of aromatic amines is 1. The zero-order valence-electron chi connectivity index (χ0n) is 18.1. The highest BCUT2D eigenvalue weighted by Gasteiger charge is 2.22. The number of fused-ring (bicyclic) bond motifs is 1. The highest BCUT2D eigenvalue weighted by molar-refractivity contribution is 5.80. The average Bonchev–Trinajstić information content (AvgIpc) is 3.40. The molecule has 0 spiro atoms. The van der Waals surface area contributed by atoms with Crippen LogP contribution in [0.15, 0.2) is 66.9 Å². The number of rotatable bonds is 7. The van der Waals surface area contributed by atoms with Gasteiger partial charge in [0.2, 0.25) is 0 Å². The summed E-state index contributed by atoms with van der Waals surface area (Å²) in [6.45, 7) is 3.64. The van der Waals surface area contributed by atoms with Crippen LogP contribution in [-0.4, -0.2) is 68.8 Å². The van der Waals surface area contributed by atoms with E-state index < -0.39 is 6.23 Å². The fourth-order valence-corrected chi connectivity index (χ4v) is 4.05. The van der Waals surface area contributed by atoms with Gasteiger partial charge in [0, 0.05) is 44.3 Å². The van der Waals surface area contributed by atoms with E-state index in [1.54, 1.807) is 11.1 Å². The van der Waals surface area contributed by atoms with Crippen LogP contribution in [0.3, 0.4) is 0 Å². The summed E-state index contributed by atoms with van der Waals surface area (Å²) in [4.78, 5) is 19.6. The van der Waals surface area contributed by atoms with Gasteiger partial charge < -0.3 is 9.84 Å². The van der Waals surface area contributed by atoms with Crippen molar-refractivity contribution in [3.63, 3.8) is 0 Å². The zero-order chi connectivity index (χ0) is 22.6. The molecule has 5 rings (SSSR count). The Hall–Kier alpha value is -3.59. The van der Waals surface area contributed by atoms with E-state index in [-0.39, 0.29) is 0 Å². The van der Waals surface area contributed by atoms with Crippen LogP contribution in [-0.2, 0) is 11.3 Å². The lowest BCUT2D eigenvalue weighted by atomic mass is 10.1. The van der Waals surface area contributed by atoms with E-state index in [0.717, 1.165) is 59.0 Å². The topological polar surface area (TPSA) is 94.6 Å². The number of pyridine rings is 1. The average molecular weight is 444 g/mol. The summed E-state index contributed by atoms with van der Waals surface area (Å²) in [5.74, 6) is 1.53. The van der Waals surface area contributed by atoms with Gasteiger partial charge in [-0.25, -0.2) is 0 Å². The molecule has 0 amide bonds. The molecule has 2 N–H and O–H groups in total. The quantitative estimate of drug-likeness (QED) is 0.424. The summed E-state index contributed by atoms with van der Waals surface area (Å²) in [7, 11) is 0. The molecule has 4 aromatic rings. The number of carbonyl (C=O) groups is 1. The molecule has 3 heterocycles. The largest absolute Gasteiger partial charge is 0.457 e. The van der Waals surface area contributed by atoms with E-state index >= 15 is 0 Å². The molecule has 0 saturated carbocycles. The molecule has 8 nitrogen and oxygen atoms in total. The molecule has 0 aliphatic carbocycles. The first-order valence-electron chi connectivity index (χ1n) is 10.9. The van der Waals surface area contributed by atoms with Crippen LogP contribution < -0.4 is 4.74 Å². The van der Waals surface area contributed by atoms with E-state index in [1.807, 2.05) is 54.6 Å². The van der Waals surface area contributed by atoms with Crippen molar-refractivity contribution < 1.29 is 14.6 Å². The summed E-state index contributed by atoms with van der Waals surface area (Å²) in [6.07, 6.45) is 1.31. The van der Waals surface area contributed by atoms with Crippen molar-refractivity contribution >= 4 is 17.2 Å². The second kappa shape index (κ2) is 9.50. The van der Waals surface area contributed by atoms with Gasteiger partial charge in [0.05, 0.1) is 16.9 Å². The van der Waals surface area contributed by atoms with Crippen molar-refractivity contribution in [2.75, 3.05) is 26.2 Å². The lowest BCUT2D eigenvalue weighted by Gasteiger charge is -2.35. The number of nitrogens with one attached hydrogen (secondary N) is 1. The van der Waals surface area contributed by atoms with Crippen LogP contribution in [0, 0.1) is 0 Å². The fourth-order valence-electron chi connectivity index (χ4n) is 4.05.